The number of carbonyl (C=O) groups is 3. The molecule has 4 fully saturated rings. The summed E-state index contributed by atoms with van der Waals surface area (Å²) in [6.07, 6.45) is 20.6. The summed E-state index contributed by atoms with van der Waals surface area (Å²) in [5.41, 5.74) is 2.34. The number of hydrogen-bond acceptors (Lipinski definition) is 4. The monoisotopic (exact) mass is 577 g/mol. The molecule has 2 aromatic rings. The Bertz CT molecular complexity index is 1420. The fourth-order valence-corrected chi connectivity index (χ4v) is 8.96. The Hall–Kier alpha value is -3.47. The largest absolute Gasteiger partial charge is 0.423 e. The second-order valence-corrected chi connectivity index (χ2v) is 14.1. The first-order chi connectivity index (χ1) is 20.9. The molecule has 1 spiro atoms. The van der Waals surface area contributed by atoms with Crippen LogP contribution in [-0.4, -0.2) is 17.8 Å². The van der Waals surface area contributed by atoms with Gasteiger partial charge in [0.1, 0.15) is 5.75 Å². The number of carbonyl (C=O) groups excluding carboxylic acids is 3. The minimum Gasteiger partial charge on any atom is -0.423 e. The molecule has 3 atom stereocenters. The van der Waals surface area contributed by atoms with Crippen LogP contribution in [0.5, 0.6) is 5.75 Å². The lowest BCUT2D eigenvalue weighted by Crippen LogP contribution is -2.38. The normalized spacial score (nSPS) is 33.7. The second-order valence-electron chi connectivity index (χ2n) is 14.1. The first-order valence-electron chi connectivity index (χ1n) is 16.5. The lowest BCUT2D eigenvalue weighted by atomic mass is 9.68. The van der Waals surface area contributed by atoms with E-state index in [-0.39, 0.29) is 24.2 Å². The zero-order valence-corrected chi connectivity index (χ0v) is 25.3. The number of hydrogen-bond donors (Lipinski definition) is 0. The number of fused-ring (bicyclic) bond motifs is 3. The van der Waals surface area contributed by atoms with Crippen LogP contribution in [0.2, 0.25) is 0 Å². The first kappa shape index (κ1) is 28.3. The van der Waals surface area contributed by atoms with Crippen molar-refractivity contribution in [2.75, 3.05) is 4.90 Å². The van der Waals surface area contributed by atoms with Gasteiger partial charge in [-0.05, 0) is 128 Å². The first-order valence-corrected chi connectivity index (χ1v) is 16.5. The van der Waals surface area contributed by atoms with Gasteiger partial charge < -0.3 is 4.74 Å². The molecule has 5 heteroatoms. The van der Waals surface area contributed by atoms with Crippen LogP contribution in [0.3, 0.4) is 0 Å². The molecular formula is C38H43NO4. The minimum atomic E-state index is -0.572. The average molecular weight is 578 g/mol. The molecule has 1 saturated heterocycles. The highest BCUT2D eigenvalue weighted by Crippen LogP contribution is 2.58. The Morgan fingerprint density at radius 3 is 2.16 bits per heavy atom. The standard InChI is InChI=1S/C38H43NO4/c1-25-2-8-28(9-3-25)30-12-14-31(15-13-30)29-10-4-26(5-11-29)7-21-36(41)43-34-19-17-33(18-20-34)39-35(40)24-38(37(39)42)23-27-6-16-32(38)22-27/h4-7,10-11,16-21,25,27-28,30-32H,2-3,8-9,12-15,22-24H2,1H3/b21-7+. The van der Waals surface area contributed by atoms with Crippen LogP contribution < -0.4 is 9.64 Å². The van der Waals surface area contributed by atoms with Crippen LogP contribution in [0.25, 0.3) is 6.08 Å². The van der Waals surface area contributed by atoms with Crippen molar-refractivity contribution in [3.8, 4) is 5.75 Å². The summed E-state index contributed by atoms with van der Waals surface area (Å²) in [4.78, 5) is 40.1. The molecule has 2 amide bonds. The van der Waals surface area contributed by atoms with E-state index in [0.29, 0.717) is 23.3 Å². The zero-order chi connectivity index (χ0) is 29.6. The summed E-state index contributed by atoms with van der Waals surface area (Å²) >= 11 is 0. The van der Waals surface area contributed by atoms with Gasteiger partial charge in [0.2, 0.25) is 11.8 Å². The molecule has 0 radical (unpaired) electrons. The van der Waals surface area contributed by atoms with E-state index in [1.165, 1.54) is 67.9 Å². The third-order valence-corrected chi connectivity index (χ3v) is 11.5. The number of anilines is 1. The van der Waals surface area contributed by atoms with Crippen LogP contribution in [0.15, 0.2) is 66.8 Å². The van der Waals surface area contributed by atoms with E-state index >= 15 is 0 Å². The van der Waals surface area contributed by atoms with Crippen molar-refractivity contribution in [3.05, 3.63) is 77.9 Å². The summed E-state index contributed by atoms with van der Waals surface area (Å²) in [5.74, 6) is 3.71. The Balaban J connectivity index is 0.904. The quantitative estimate of drug-likeness (QED) is 0.114. The van der Waals surface area contributed by atoms with Gasteiger partial charge in [0.25, 0.3) is 0 Å². The third kappa shape index (κ3) is 5.52. The minimum absolute atomic E-state index is 0.0881. The molecule has 1 aliphatic heterocycles. The van der Waals surface area contributed by atoms with Crippen LogP contribution >= 0.6 is 0 Å². The molecule has 0 aromatic heterocycles. The molecule has 1 heterocycles. The van der Waals surface area contributed by atoms with Crippen molar-refractivity contribution in [2.45, 2.75) is 83.5 Å². The van der Waals surface area contributed by atoms with Gasteiger partial charge in [-0.2, -0.15) is 0 Å². The summed E-state index contributed by atoms with van der Waals surface area (Å²) in [5, 5.41) is 0. The number of esters is 1. The number of amides is 2. The maximum absolute atomic E-state index is 13.4. The topological polar surface area (TPSA) is 63.7 Å². The lowest BCUT2D eigenvalue weighted by molar-refractivity contribution is -0.129. The number of imide groups is 1. The molecule has 4 aliphatic carbocycles. The highest BCUT2D eigenvalue weighted by Gasteiger charge is 2.60. The van der Waals surface area contributed by atoms with Crippen molar-refractivity contribution >= 4 is 29.5 Å². The van der Waals surface area contributed by atoms with E-state index in [1.807, 2.05) is 0 Å². The van der Waals surface area contributed by atoms with Gasteiger partial charge in [-0.25, -0.2) is 4.79 Å². The molecule has 7 rings (SSSR count). The summed E-state index contributed by atoms with van der Waals surface area (Å²) in [6.45, 7) is 2.41. The van der Waals surface area contributed by atoms with E-state index < -0.39 is 11.4 Å². The van der Waals surface area contributed by atoms with Crippen LogP contribution in [0.1, 0.15) is 94.6 Å². The number of rotatable bonds is 6. The van der Waals surface area contributed by atoms with Gasteiger partial charge in [-0.15, -0.1) is 0 Å². The molecule has 224 valence electrons. The van der Waals surface area contributed by atoms with Gasteiger partial charge in [0, 0.05) is 12.5 Å². The molecule has 3 unspecified atom stereocenters. The molecule has 43 heavy (non-hydrogen) atoms. The molecule has 0 N–H and O–H groups in total. The Kier molecular flexibility index (Phi) is 7.61. The number of allylic oxidation sites excluding steroid dienone is 2. The predicted octanol–water partition coefficient (Wildman–Crippen LogP) is 8.25. The molecular weight excluding hydrogens is 534 g/mol. The van der Waals surface area contributed by atoms with Gasteiger partial charge in [-0.1, -0.05) is 56.2 Å². The van der Waals surface area contributed by atoms with Crippen LogP contribution in [-0.2, 0) is 14.4 Å². The average Bonchev–Trinajstić information content (AvgIpc) is 3.70. The lowest BCUT2D eigenvalue weighted by Gasteiger charge is -2.37. The maximum atomic E-state index is 13.4. The fraction of sp³-hybridized carbons (Fsp3) is 0.500. The van der Waals surface area contributed by atoms with Crippen molar-refractivity contribution < 1.29 is 19.1 Å². The summed E-state index contributed by atoms with van der Waals surface area (Å²) in [7, 11) is 0. The molecule has 2 bridgehead atoms. The highest BCUT2D eigenvalue weighted by atomic mass is 16.5. The predicted molar refractivity (Wildman–Crippen MR) is 168 cm³/mol. The van der Waals surface area contributed by atoms with Crippen LogP contribution in [0, 0.1) is 35.0 Å². The highest BCUT2D eigenvalue weighted by molar-refractivity contribution is 6.23. The molecule has 3 saturated carbocycles. The molecule has 5 nitrogen and oxygen atoms in total. The summed E-state index contributed by atoms with van der Waals surface area (Å²) in [6, 6.07) is 15.3. The smallest absolute Gasteiger partial charge is 0.336 e. The van der Waals surface area contributed by atoms with Crippen molar-refractivity contribution in [3.63, 3.8) is 0 Å². The van der Waals surface area contributed by atoms with E-state index in [0.717, 1.165) is 36.2 Å². The van der Waals surface area contributed by atoms with Gasteiger partial charge in [0.15, 0.2) is 0 Å². The SMILES string of the molecule is CC1CCC(C2CCC(c3ccc(/C=C/C(=O)Oc4ccc(N5C(=O)CC6(CC7C=CC6C7)C5=O)cc4)cc3)CC2)CC1. The van der Waals surface area contributed by atoms with Crippen molar-refractivity contribution in [2.24, 2.45) is 35.0 Å². The zero-order valence-electron chi connectivity index (χ0n) is 25.3. The maximum Gasteiger partial charge on any atom is 0.336 e. The number of ether oxygens (including phenoxy) is 1. The van der Waals surface area contributed by atoms with Crippen LogP contribution in [0.4, 0.5) is 5.69 Å². The van der Waals surface area contributed by atoms with E-state index in [9.17, 15) is 14.4 Å². The van der Waals surface area contributed by atoms with Gasteiger partial charge in [0.05, 0.1) is 11.1 Å². The van der Waals surface area contributed by atoms with E-state index in [2.05, 4.69) is 43.3 Å². The second kappa shape index (κ2) is 11.6. The van der Waals surface area contributed by atoms with E-state index in [1.54, 1.807) is 30.3 Å². The van der Waals surface area contributed by atoms with Gasteiger partial charge in [-0.3, -0.25) is 14.5 Å². The fourth-order valence-electron chi connectivity index (χ4n) is 8.96. The van der Waals surface area contributed by atoms with E-state index in [4.69, 9.17) is 4.74 Å². The Labute approximate surface area is 255 Å². The van der Waals surface area contributed by atoms with Gasteiger partial charge >= 0.3 is 5.97 Å². The summed E-state index contributed by atoms with van der Waals surface area (Å²) < 4.78 is 5.50. The number of nitrogens with zero attached hydrogens (tertiary/aromatic N) is 1. The molecule has 2 aromatic carbocycles. The Morgan fingerprint density at radius 2 is 1.53 bits per heavy atom. The Morgan fingerprint density at radius 1 is 0.860 bits per heavy atom. The number of benzene rings is 2. The van der Waals surface area contributed by atoms with Crippen molar-refractivity contribution in [1.29, 1.82) is 0 Å². The molecule has 5 aliphatic rings. The van der Waals surface area contributed by atoms with Crippen molar-refractivity contribution in [1.82, 2.24) is 0 Å². The third-order valence-electron chi connectivity index (χ3n) is 11.5.